The maximum atomic E-state index is 12.7. The van der Waals surface area contributed by atoms with Crippen LogP contribution in [0.15, 0.2) is 46.3 Å². The van der Waals surface area contributed by atoms with Crippen LogP contribution in [0.3, 0.4) is 0 Å². The molecule has 0 aliphatic carbocycles. The lowest BCUT2D eigenvalue weighted by Gasteiger charge is -2.34. The van der Waals surface area contributed by atoms with Gasteiger partial charge in [0.2, 0.25) is 5.91 Å². The summed E-state index contributed by atoms with van der Waals surface area (Å²) in [6.45, 7) is 8.65. The molecule has 30 heavy (non-hydrogen) atoms. The van der Waals surface area contributed by atoms with E-state index >= 15 is 0 Å². The fourth-order valence-electron chi connectivity index (χ4n) is 3.63. The van der Waals surface area contributed by atoms with Gasteiger partial charge >= 0.3 is 0 Å². The van der Waals surface area contributed by atoms with E-state index in [2.05, 4.69) is 27.6 Å². The quantitative estimate of drug-likeness (QED) is 0.576. The molecule has 0 radical (unpaired) electrons. The standard InChI is InChI=1S/C23H27N3O3S/c1-17-22(18(2)29-24-17)16-28-20-7-5-19(6-8-20)14-23(27)26-11-9-25(10-12-26)15-21-4-3-13-30-21/h3-8,13H,9-12,14-16H2,1-2H3. The number of amides is 1. The van der Waals surface area contributed by atoms with Crippen molar-refractivity contribution >= 4 is 17.2 Å². The lowest BCUT2D eigenvalue weighted by Crippen LogP contribution is -2.48. The van der Waals surface area contributed by atoms with Gasteiger partial charge in [0, 0.05) is 37.6 Å². The summed E-state index contributed by atoms with van der Waals surface area (Å²) in [4.78, 5) is 18.5. The molecular weight excluding hydrogens is 398 g/mol. The largest absolute Gasteiger partial charge is 0.489 e. The zero-order valence-electron chi connectivity index (χ0n) is 17.5. The number of piperazine rings is 1. The fourth-order valence-corrected chi connectivity index (χ4v) is 4.38. The molecule has 2 aromatic heterocycles. The number of nitrogens with zero attached hydrogens (tertiary/aromatic N) is 3. The van der Waals surface area contributed by atoms with E-state index in [0.29, 0.717) is 13.0 Å². The minimum atomic E-state index is 0.190. The van der Waals surface area contributed by atoms with E-state index in [1.165, 1.54) is 4.88 Å². The van der Waals surface area contributed by atoms with Crippen LogP contribution in [0, 0.1) is 13.8 Å². The van der Waals surface area contributed by atoms with Crippen molar-refractivity contribution in [1.82, 2.24) is 15.0 Å². The molecule has 1 amide bonds. The Morgan fingerprint density at radius 3 is 2.53 bits per heavy atom. The molecular formula is C23H27N3O3S. The van der Waals surface area contributed by atoms with Crippen LogP contribution in [0.5, 0.6) is 5.75 Å². The Bertz CT molecular complexity index is 939. The second-order valence-corrected chi connectivity index (χ2v) is 8.68. The van der Waals surface area contributed by atoms with Crippen molar-refractivity contribution in [2.75, 3.05) is 26.2 Å². The zero-order chi connectivity index (χ0) is 20.9. The molecule has 7 heteroatoms. The lowest BCUT2D eigenvalue weighted by molar-refractivity contribution is -0.132. The fraction of sp³-hybridized carbons (Fsp3) is 0.391. The van der Waals surface area contributed by atoms with Gasteiger partial charge in [-0.05, 0) is 43.0 Å². The van der Waals surface area contributed by atoms with Crippen molar-refractivity contribution in [3.8, 4) is 5.75 Å². The van der Waals surface area contributed by atoms with Gasteiger partial charge in [0.15, 0.2) is 0 Å². The van der Waals surface area contributed by atoms with E-state index in [9.17, 15) is 4.79 Å². The number of carbonyl (C=O) groups is 1. The van der Waals surface area contributed by atoms with Crippen LogP contribution in [-0.4, -0.2) is 47.0 Å². The predicted molar refractivity (Wildman–Crippen MR) is 117 cm³/mol. The van der Waals surface area contributed by atoms with Crippen molar-refractivity contribution in [2.45, 2.75) is 33.4 Å². The normalized spacial score (nSPS) is 14.8. The van der Waals surface area contributed by atoms with Crippen LogP contribution in [0.25, 0.3) is 0 Å². The van der Waals surface area contributed by atoms with E-state index in [4.69, 9.17) is 9.26 Å². The van der Waals surface area contributed by atoms with Gasteiger partial charge < -0.3 is 14.2 Å². The molecule has 1 fully saturated rings. The minimum absolute atomic E-state index is 0.190. The molecule has 6 nitrogen and oxygen atoms in total. The Hall–Kier alpha value is -2.64. The third kappa shape index (κ3) is 5.09. The Kier molecular flexibility index (Phi) is 6.50. The minimum Gasteiger partial charge on any atom is -0.489 e. The summed E-state index contributed by atoms with van der Waals surface area (Å²) in [5.74, 6) is 1.74. The van der Waals surface area contributed by atoms with Crippen LogP contribution < -0.4 is 4.74 Å². The van der Waals surface area contributed by atoms with Gasteiger partial charge in [-0.1, -0.05) is 23.4 Å². The first kappa shape index (κ1) is 20.6. The van der Waals surface area contributed by atoms with Crippen molar-refractivity contribution in [2.24, 2.45) is 0 Å². The van der Waals surface area contributed by atoms with Crippen molar-refractivity contribution < 1.29 is 14.1 Å². The van der Waals surface area contributed by atoms with Gasteiger partial charge in [0.1, 0.15) is 18.1 Å². The van der Waals surface area contributed by atoms with Gasteiger partial charge in [0.05, 0.1) is 17.7 Å². The van der Waals surface area contributed by atoms with Crippen LogP contribution in [0.1, 0.15) is 27.5 Å². The van der Waals surface area contributed by atoms with Crippen LogP contribution in [0.4, 0.5) is 0 Å². The van der Waals surface area contributed by atoms with Crippen molar-refractivity contribution in [3.05, 3.63) is 69.2 Å². The first-order valence-corrected chi connectivity index (χ1v) is 11.1. The Morgan fingerprint density at radius 2 is 1.90 bits per heavy atom. The Morgan fingerprint density at radius 1 is 1.13 bits per heavy atom. The average Bonchev–Trinajstić information content (AvgIpc) is 3.38. The van der Waals surface area contributed by atoms with Crippen molar-refractivity contribution in [3.63, 3.8) is 0 Å². The smallest absolute Gasteiger partial charge is 0.227 e. The summed E-state index contributed by atoms with van der Waals surface area (Å²) in [7, 11) is 0. The number of aromatic nitrogens is 1. The summed E-state index contributed by atoms with van der Waals surface area (Å²) in [5.41, 5.74) is 2.84. The Balaban J connectivity index is 1.24. The number of aryl methyl sites for hydroxylation is 2. The van der Waals surface area contributed by atoms with Crippen LogP contribution >= 0.6 is 11.3 Å². The highest BCUT2D eigenvalue weighted by Crippen LogP contribution is 2.19. The molecule has 0 unspecified atom stereocenters. The molecule has 1 saturated heterocycles. The predicted octanol–water partition coefficient (Wildman–Crippen LogP) is 3.82. The molecule has 4 rings (SSSR count). The lowest BCUT2D eigenvalue weighted by atomic mass is 10.1. The molecule has 1 aromatic carbocycles. The molecule has 1 aliphatic heterocycles. The molecule has 0 saturated carbocycles. The second-order valence-electron chi connectivity index (χ2n) is 7.65. The molecule has 3 heterocycles. The van der Waals surface area contributed by atoms with Crippen LogP contribution in [-0.2, 0) is 24.4 Å². The first-order valence-electron chi connectivity index (χ1n) is 10.2. The molecule has 0 N–H and O–H groups in total. The number of rotatable bonds is 7. The highest BCUT2D eigenvalue weighted by atomic mass is 32.1. The SMILES string of the molecule is Cc1noc(C)c1COc1ccc(CC(=O)N2CCN(Cc3cccs3)CC2)cc1. The number of carbonyl (C=O) groups excluding carboxylic acids is 1. The van der Waals surface area contributed by atoms with E-state index in [-0.39, 0.29) is 5.91 Å². The molecule has 0 bridgehead atoms. The van der Waals surface area contributed by atoms with E-state index in [0.717, 1.165) is 61.1 Å². The molecule has 0 spiro atoms. The zero-order valence-corrected chi connectivity index (χ0v) is 18.3. The third-order valence-corrected chi connectivity index (χ3v) is 6.39. The van der Waals surface area contributed by atoms with Gasteiger partial charge in [-0.25, -0.2) is 0 Å². The first-order chi connectivity index (χ1) is 14.6. The van der Waals surface area contributed by atoms with Gasteiger partial charge in [-0.2, -0.15) is 0 Å². The number of ether oxygens (including phenoxy) is 1. The van der Waals surface area contributed by atoms with Gasteiger partial charge in [0.25, 0.3) is 0 Å². The maximum absolute atomic E-state index is 12.7. The third-order valence-electron chi connectivity index (χ3n) is 5.53. The maximum Gasteiger partial charge on any atom is 0.227 e. The van der Waals surface area contributed by atoms with E-state index in [1.54, 1.807) is 11.3 Å². The molecule has 0 atom stereocenters. The van der Waals surface area contributed by atoms with E-state index < -0.39 is 0 Å². The van der Waals surface area contributed by atoms with Gasteiger partial charge in [-0.3, -0.25) is 9.69 Å². The number of thiophene rings is 1. The summed E-state index contributed by atoms with van der Waals surface area (Å²) in [6.07, 6.45) is 0.426. The summed E-state index contributed by atoms with van der Waals surface area (Å²) in [5, 5.41) is 6.06. The Labute approximate surface area is 181 Å². The average molecular weight is 426 g/mol. The summed E-state index contributed by atoms with van der Waals surface area (Å²) >= 11 is 1.79. The summed E-state index contributed by atoms with van der Waals surface area (Å²) < 4.78 is 11.0. The number of hydrogen-bond donors (Lipinski definition) is 0. The van der Waals surface area contributed by atoms with Crippen molar-refractivity contribution in [1.29, 1.82) is 0 Å². The highest BCUT2D eigenvalue weighted by Gasteiger charge is 2.21. The second kappa shape index (κ2) is 9.45. The molecule has 3 aromatic rings. The number of hydrogen-bond acceptors (Lipinski definition) is 6. The van der Waals surface area contributed by atoms with Gasteiger partial charge in [-0.15, -0.1) is 11.3 Å². The highest BCUT2D eigenvalue weighted by molar-refractivity contribution is 7.09. The molecule has 1 aliphatic rings. The number of benzene rings is 1. The monoisotopic (exact) mass is 425 g/mol. The summed E-state index contributed by atoms with van der Waals surface area (Å²) in [6, 6.07) is 12.0. The van der Waals surface area contributed by atoms with E-state index in [1.807, 2.05) is 43.0 Å². The topological polar surface area (TPSA) is 58.8 Å². The molecule has 158 valence electrons. The van der Waals surface area contributed by atoms with Crippen LogP contribution in [0.2, 0.25) is 0 Å².